The molecule has 4 unspecified atom stereocenters. The first-order valence-corrected chi connectivity index (χ1v) is 7.75. The van der Waals surface area contributed by atoms with Crippen molar-refractivity contribution in [3.63, 3.8) is 0 Å². The van der Waals surface area contributed by atoms with Crippen molar-refractivity contribution in [3.05, 3.63) is 71.8 Å². The van der Waals surface area contributed by atoms with Gasteiger partial charge in [0.2, 0.25) is 0 Å². The van der Waals surface area contributed by atoms with Gasteiger partial charge < -0.3 is 14.2 Å². The van der Waals surface area contributed by atoms with E-state index in [1.165, 1.54) is 0 Å². The van der Waals surface area contributed by atoms with Gasteiger partial charge in [-0.05, 0) is 0 Å². The zero-order chi connectivity index (χ0) is 15.9. The summed E-state index contributed by atoms with van der Waals surface area (Å²) in [5.74, 6) is 0. The van der Waals surface area contributed by atoms with E-state index in [0.29, 0.717) is 13.2 Å². The van der Waals surface area contributed by atoms with E-state index in [4.69, 9.17) is 25.7 Å². The van der Waals surface area contributed by atoms with E-state index >= 15 is 0 Å². The Morgan fingerprint density at radius 1 is 0.739 bits per heavy atom. The molecule has 0 spiro atoms. The van der Waals surface area contributed by atoms with Crippen molar-refractivity contribution in [1.29, 1.82) is 0 Å². The van der Waals surface area contributed by atoms with Crippen molar-refractivity contribution in [2.75, 3.05) is 13.2 Å². The zero-order valence-electron chi connectivity index (χ0n) is 12.7. The molecule has 2 aromatic carbocycles. The summed E-state index contributed by atoms with van der Waals surface area (Å²) in [6.45, 7) is 1.11. The van der Waals surface area contributed by atoms with Crippen LogP contribution in [-0.4, -0.2) is 25.4 Å². The molecule has 4 rings (SSSR count). The summed E-state index contributed by atoms with van der Waals surface area (Å²) in [4.78, 5) is 0. The van der Waals surface area contributed by atoms with Gasteiger partial charge in [0.25, 0.3) is 0 Å². The molecule has 0 radical (unpaired) electrons. The molecule has 23 heavy (non-hydrogen) atoms. The second-order valence-corrected chi connectivity index (χ2v) is 6.06. The molecule has 2 saturated heterocycles. The van der Waals surface area contributed by atoms with Crippen LogP contribution in [0.5, 0.6) is 0 Å². The van der Waals surface area contributed by atoms with Crippen molar-refractivity contribution in [1.82, 2.24) is 0 Å². The van der Waals surface area contributed by atoms with Crippen LogP contribution in [-0.2, 0) is 25.7 Å². The second kappa shape index (κ2) is 5.40. The van der Waals surface area contributed by atoms with Crippen molar-refractivity contribution in [2.24, 2.45) is 11.5 Å². The number of hydrogen-bond acceptors (Lipinski definition) is 5. The van der Waals surface area contributed by atoms with Crippen LogP contribution in [0.3, 0.4) is 0 Å². The summed E-state index contributed by atoms with van der Waals surface area (Å²) in [7, 11) is 0. The SMILES string of the molecule is NC(OC(N)(c1ccccc1)C1CO1)(c1ccccc1)C1CO1. The Morgan fingerprint density at radius 3 is 1.39 bits per heavy atom. The summed E-state index contributed by atoms with van der Waals surface area (Å²) in [5.41, 5.74) is 12.7. The maximum Gasteiger partial charge on any atom is 0.174 e. The van der Waals surface area contributed by atoms with Gasteiger partial charge in [0.05, 0.1) is 13.2 Å². The highest BCUT2D eigenvalue weighted by Crippen LogP contribution is 2.42. The minimum absolute atomic E-state index is 0.213. The van der Waals surface area contributed by atoms with E-state index < -0.39 is 11.4 Å². The molecular formula is C18H20N2O3. The van der Waals surface area contributed by atoms with Crippen LogP contribution in [0.4, 0.5) is 0 Å². The molecule has 4 N–H and O–H groups in total. The number of nitrogens with two attached hydrogens (primary N) is 2. The van der Waals surface area contributed by atoms with Crippen LogP contribution in [0.25, 0.3) is 0 Å². The van der Waals surface area contributed by atoms with Crippen LogP contribution in [0, 0.1) is 0 Å². The number of rotatable bonds is 6. The minimum Gasteiger partial charge on any atom is -0.368 e. The molecule has 0 aromatic heterocycles. The first kappa shape index (κ1) is 14.8. The van der Waals surface area contributed by atoms with Gasteiger partial charge in [-0.15, -0.1) is 0 Å². The van der Waals surface area contributed by atoms with Crippen LogP contribution >= 0.6 is 0 Å². The smallest absolute Gasteiger partial charge is 0.174 e. The van der Waals surface area contributed by atoms with Crippen molar-refractivity contribution >= 4 is 0 Å². The van der Waals surface area contributed by atoms with Crippen LogP contribution in [0.2, 0.25) is 0 Å². The predicted molar refractivity (Wildman–Crippen MR) is 85.2 cm³/mol. The Hall–Kier alpha value is -1.76. The van der Waals surface area contributed by atoms with Crippen molar-refractivity contribution < 1.29 is 14.2 Å². The lowest BCUT2D eigenvalue weighted by Crippen LogP contribution is -2.57. The zero-order valence-corrected chi connectivity index (χ0v) is 12.7. The van der Waals surface area contributed by atoms with Crippen LogP contribution in [0.15, 0.2) is 60.7 Å². The molecule has 5 nitrogen and oxygen atoms in total. The second-order valence-electron chi connectivity index (χ2n) is 6.06. The molecule has 4 atom stereocenters. The van der Waals surface area contributed by atoms with Gasteiger partial charge in [0, 0.05) is 11.1 Å². The Kier molecular flexibility index (Phi) is 3.48. The predicted octanol–water partition coefficient (Wildman–Crippen LogP) is 1.42. The molecule has 0 amide bonds. The first-order chi connectivity index (χ1) is 11.1. The Morgan fingerprint density at radius 2 is 1.09 bits per heavy atom. The van der Waals surface area contributed by atoms with Gasteiger partial charge in [-0.1, -0.05) is 60.7 Å². The van der Waals surface area contributed by atoms with Crippen LogP contribution in [0.1, 0.15) is 11.1 Å². The molecule has 2 aliphatic heterocycles. The fourth-order valence-electron chi connectivity index (χ4n) is 2.89. The van der Waals surface area contributed by atoms with Gasteiger partial charge in [0.1, 0.15) is 12.2 Å². The quantitative estimate of drug-likeness (QED) is 0.622. The van der Waals surface area contributed by atoms with E-state index in [9.17, 15) is 0 Å². The molecule has 5 heteroatoms. The third-order valence-electron chi connectivity index (χ3n) is 4.41. The van der Waals surface area contributed by atoms with E-state index in [2.05, 4.69) is 0 Å². The van der Waals surface area contributed by atoms with E-state index in [-0.39, 0.29) is 12.2 Å². The Balaban J connectivity index is 1.73. The summed E-state index contributed by atoms with van der Waals surface area (Å²) in [6.07, 6.45) is -0.425. The van der Waals surface area contributed by atoms with Gasteiger partial charge in [-0.25, -0.2) is 0 Å². The molecule has 2 aliphatic rings. The van der Waals surface area contributed by atoms with Crippen molar-refractivity contribution in [2.45, 2.75) is 23.7 Å². The van der Waals surface area contributed by atoms with E-state index in [1.807, 2.05) is 60.7 Å². The molecule has 2 heterocycles. The lowest BCUT2D eigenvalue weighted by atomic mass is 9.96. The van der Waals surface area contributed by atoms with Crippen LogP contribution < -0.4 is 11.5 Å². The molecule has 120 valence electrons. The van der Waals surface area contributed by atoms with Gasteiger partial charge >= 0.3 is 0 Å². The van der Waals surface area contributed by atoms with Crippen molar-refractivity contribution in [3.8, 4) is 0 Å². The summed E-state index contributed by atoms with van der Waals surface area (Å²) < 4.78 is 17.3. The Bertz CT molecular complexity index is 614. The first-order valence-electron chi connectivity index (χ1n) is 7.75. The average molecular weight is 312 g/mol. The third-order valence-corrected chi connectivity index (χ3v) is 4.41. The third kappa shape index (κ3) is 2.67. The lowest BCUT2D eigenvalue weighted by molar-refractivity contribution is -0.184. The van der Waals surface area contributed by atoms with E-state index in [0.717, 1.165) is 11.1 Å². The number of hydrogen-bond donors (Lipinski definition) is 2. The Labute approximate surface area is 135 Å². The number of epoxide rings is 2. The summed E-state index contributed by atoms with van der Waals surface area (Å²) >= 11 is 0. The number of ether oxygens (including phenoxy) is 3. The minimum atomic E-state index is -1.11. The fourth-order valence-corrected chi connectivity index (χ4v) is 2.89. The normalized spacial score (nSPS) is 27.7. The average Bonchev–Trinajstić information content (AvgIpc) is 3.48. The molecule has 2 aromatic rings. The molecular weight excluding hydrogens is 292 g/mol. The molecule has 0 aliphatic carbocycles. The maximum atomic E-state index is 6.63. The summed E-state index contributed by atoms with van der Waals surface area (Å²) in [6, 6.07) is 19.3. The highest BCUT2D eigenvalue weighted by Gasteiger charge is 2.56. The molecule has 0 bridgehead atoms. The standard InChI is InChI=1S/C18H20N2O3/c19-17(15-11-21-15,13-7-3-1-4-8-13)23-18(20,16-12-22-16)14-9-5-2-6-10-14/h1-10,15-16H,11-12,19-20H2. The summed E-state index contributed by atoms with van der Waals surface area (Å²) in [5, 5.41) is 0. The topological polar surface area (TPSA) is 86.3 Å². The molecule has 0 saturated carbocycles. The number of benzene rings is 2. The fraction of sp³-hybridized carbons (Fsp3) is 0.333. The van der Waals surface area contributed by atoms with E-state index in [1.54, 1.807) is 0 Å². The lowest BCUT2D eigenvalue weighted by Gasteiger charge is -2.39. The maximum absolute atomic E-state index is 6.63. The van der Waals surface area contributed by atoms with Gasteiger partial charge in [0.15, 0.2) is 11.4 Å². The highest BCUT2D eigenvalue weighted by molar-refractivity contribution is 5.28. The largest absolute Gasteiger partial charge is 0.368 e. The van der Waals surface area contributed by atoms with Gasteiger partial charge in [-0.3, -0.25) is 11.5 Å². The molecule has 2 fully saturated rings. The highest BCUT2D eigenvalue weighted by atomic mass is 16.7. The van der Waals surface area contributed by atoms with Gasteiger partial charge in [-0.2, -0.15) is 0 Å². The monoisotopic (exact) mass is 312 g/mol.